The molecule has 2 heterocycles. The van der Waals surface area contributed by atoms with Crippen LogP contribution in [0, 0.1) is 13.8 Å². The molecule has 0 saturated heterocycles. The summed E-state index contributed by atoms with van der Waals surface area (Å²) >= 11 is 0. The molecule has 0 bridgehead atoms. The van der Waals surface area contributed by atoms with Crippen LogP contribution >= 0.6 is 0 Å². The highest BCUT2D eigenvalue weighted by atomic mass is 16.7. The third-order valence-electron chi connectivity index (χ3n) is 5.89. The number of hydrogen-bond acceptors (Lipinski definition) is 6. The molecule has 34 heavy (non-hydrogen) atoms. The number of benzene rings is 2. The summed E-state index contributed by atoms with van der Waals surface area (Å²) in [4.78, 5) is 42.1. The number of amides is 1. The largest absolute Gasteiger partial charge is 0.469 e. The zero-order valence-corrected chi connectivity index (χ0v) is 19.6. The summed E-state index contributed by atoms with van der Waals surface area (Å²) in [6, 6.07) is 11.4. The summed E-state index contributed by atoms with van der Waals surface area (Å²) < 4.78 is 15.5. The van der Waals surface area contributed by atoms with Crippen LogP contribution in [-0.4, -0.2) is 35.7 Å². The van der Waals surface area contributed by atoms with E-state index in [1.807, 2.05) is 50.2 Å². The van der Waals surface area contributed by atoms with Crippen LogP contribution in [0.1, 0.15) is 41.5 Å². The molecule has 0 atom stereocenters. The maximum atomic E-state index is 13.1. The van der Waals surface area contributed by atoms with E-state index in [1.165, 1.54) is 7.11 Å². The highest BCUT2D eigenvalue weighted by Gasteiger charge is 2.20. The Kier molecular flexibility index (Phi) is 6.86. The minimum atomic E-state index is -0.355. The molecule has 1 aliphatic heterocycles. The number of fused-ring (bicyclic) bond motifs is 2. The first-order chi connectivity index (χ1) is 16.3. The van der Waals surface area contributed by atoms with Gasteiger partial charge < -0.3 is 24.1 Å². The first kappa shape index (κ1) is 23.4. The summed E-state index contributed by atoms with van der Waals surface area (Å²) in [6.45, 7) is 4.57. The predicted octanol–water partition coefficient (Wildman–Crippen LogP) is 3.75. The first-order valence-corrected chi connectivity index (χ1v) is 11.2. The molecule has 1 N–H and O–H groups in total. The third-order valence-corrected chi connectivity index (χ3v) is 5.89. The number of methoxy groups -OCH3 is 1. The fourth-order valence-corrected chi connectivity index (χ4v) is 4.19. The van der Waals surface area contributed by atoms with Crippen LogP contribution in [0.4, 0.5) is 0 Å². The molecule has 0 fully saturated rings. The highest BCUT2D eigenvalue weighted by Crippen LogP contribution is 2.33. The van der Waals surface area contributed by atoms with Crippen molar-refractivity contribution in [1.82, 2.24) is 9.88 Å². The van der Waals surface area contributed by atoms with Crippen LogP contribution in [0.25, 0.3) is 10.9 Å². The molecule has 1 amide bonds. The molecule has 0 spiro atoms. The third kappa shape index (κ3) is 5.22. The molecular formula is C26H28N2O6. The smallest absolute Gasteiger partial charge is 0.305 e. The number of nitrogens with one attached hydrogen (secondary N) is 1. The number of carbonyl (C=O) groups excluding carboxylic acids is 2. The lowest BCUT2D eigenvalue weighted by Gasteiger charge is -2.23. The number of pyridine rings is 1. The Labute approximate surface area is 197 Å². The summed E-state index contributed by atoms with van der Waals surface area (Å²) in [5, 5.41) is 0.924. The first-order valence-electron chi connectivity index (χ1n) is 11.2. The van der Waals surface area contributed by atoms with Crippen LogP contribution in [0.15, 0.2) is 41.2 Å². The molecule has 2 aromatic carbocycles. The van der Waals surface area contributed by atoms with Crippen molar-refractivity contribution < 1.29 is 23.8 Å². The Hall–Kier alpha value is -3.81. The lowest BCUT2D eigenvalue weighted by atomic mass is 10.0. The number of nitrogens with zero attached hydrogens (tertiary/aromatic N) is 1. The van der Waals surface area contributed by atoms with Crippen molar-refractivity contribution in [2.75, 3.05) is 13.9 Å². The second-order valence-electron chi connectivity index (χ2n) is 8.54. The van der Waals surface area contributed by atoms with E-state index >= 15 is 0 Å². The summed E-state index contributed by atoms with van der Waals surface area (Å²) in [5.41, 5.74) is 4.02. The van der Waals surface area contributed by atoms with Gasteiger partial charge in [0.05, 0.1) is 19.2 Å². The molecule has 8 nitrogen and oxygen atoms in total. The van der Waals surface area contributed by atoms with Gasteiger partial charge in [-0.2, -0.15) is 0 Å². The maximum absolute atomic E-state index is 13.1. The zero-order valence-electron chi connectivity index (χ0n) is 19.6. The minimum Gasteiger partial charge on any atom is -0.469 e. The molecular weight excluding hydrogens is 436 g/mol. The van der Waals surface area contributed by atoms with E-state index in [-0.39, 0.29) is 50.2 Å². The van der Waals surface area contributed by atoms with E-state index in [2.05, 4.69) is 9.72 Å². The second-order valence-corrected chi connectivity index (χ2v) is 8.54. The van der Waals surface area contributed by atoms with E-state index in [0.29, 0.717) is 23.5 Å². The lowest BCUT2D eigenvalue weighted by Crippen LogP contribution is -2.32. The summed E-state index contributed by atoms with van der Waals surface area (Å²) in [6.07, 6.45) is 0.703. The number of esters is 1. The van der Waals surface area contributed by atoms with Crippen LogP contribution in [-0.2, 0) is 27.4 Å². The van der Waals surface area contributed by atoms with Gasteiger partial charge in [-0.1, -0.05) is 17.7 Å². The monoisotopic (exact) mass is 464 g/mol. The molecule has 0 saturated carbocycles. The molecule has 1 aromatic heterocycles. The fourth-order valence-electron chi connectivity index (χ4n) is 4.19. The Bertz CT molecular complexity index is 1300. The number of aromatic nitrogens is 1. The maximum Gasteiger partial charge on any atom is 0.305 e. The van der Waals surface area contributed by atoms with Gasteiger partial charge in [0.25, 0.3) is 5.56 Å². The normalized spacial score (nSPS) is 12.1. The molecule has 178 valence electrons. The standard InChI is InChI=1S/C26H28N2O6/c1-16-9-17(2)25-19(10-16)12-20(26(31)27-25)14-28(23(29)5-4-6-24(30)32-3)13-18-7-8-21-22(11-18)34-15-33-21/h7-12H,4-6,13-15H2,1-3H3,(H,27,31). The fraction of sp³-hybridized carbons (Fsp3) is 0.346. The van der Waals surface area contributed by atoms with Crippen molar-refractivity contribution in [3.63, 3.8) is 0 Å². The van der Waals surface area contributed by atoms with Gasteiger partial charge in [-0.05, 0) is 61.0 Å². The van der Waals surface area contributed by atoms with Gasteiger partial charge in [-0.15, -0.1) is 0 Å². The van der Waals surface area contributed by atoms with Crippen molar-refractivity contribution in [1.29, 1.82) is 0 Å². The summed E-state index contributed by atoms with van der Waals surface area (Å²) in [7, 11) is 1.32. The van der Waals surface area contributed by atoms with Gasteiger partial charge in [0.2, 0.25) is 12.7 Å². The van der Waals surface area contributed by atoms with Crippen LogP contribution < -0.4 is 15.0 Å². The number of H-pyrrole nitrogens is 1. The Morgan fingerprint density at radius 1 is 1.03 bits per heavy atom. The van der Waals surface area contributed by atoms with Gasteiger partial charge >= 0.3 is 5.97 Å². The van der Waals surface area contributed by atoms with Crippen LogP contribution in [0.5, 0.6) is 11.5 Å². The van der Waals surface area contributed by atoms with Gasteiger partial charge in [0.1, 0.15) is 0 Å². The van der Waals surface area contributed by atoms with Gasteiger partial charge in [-0.3, -0.25) is 14.4 Å². The molecule has 0 aliphatic carbocycles. The molecule has 8 heteroatoms. The topological polar surface area (TPSA) is 97.9 Å². The molecule has 0 radical (unpaired) electrons. The number of ether oxygens (including phenoxy) is 3. The Balaban J connectivity index is 1.60. The Morgan fingerprint density at radius 3 is 2.62 bits per heavy atom. The van der Waals surface area contributed by atoms with Crippen LogP contribution in [0.3, 0.4) is 0 Å². The SMILES string of the molecule is COC(=O)CCCC(=O)N(Cc1ccc2c(c1)OCO2)Cc1cc2cc(C)cc(C)c2[nH]c1=O. The number of aromatic amines is 1. The quantitative estimate of drug-likeness (QED) is 0.510. The Morgan fingerprint density at radius 2 is 1.82 bits per heavy atom. The molecule has 3 aromatic rings. The van der Waals surface area contributed by atoms with Gasteiger partial charge in [0, 0.05) is 24.9 Å². The molecule has 1 aliphatic rings. The molecule has 4 rings (SSSR count). The number of aryl methyl sites for hydroxylation is 2. The number of carbonyl (C=O) groups is 2. The highest BCUT2D eigenvalue weighted by molar-refractivity contribution is 5.83. The van der Waals surface area contributed by atoms with Gasteiger partial charge in [0.15, 0.2) is 11.5 Å². The average Bonchev–Trinajstić information content (AvgIpc) is 3.27. The van der Waals surface area contributed by atoms with E-state index in [4.69, 9.17) is 9.47 Å². The second kappa shape index (κ2) is 9.99. The van der Waals surface area contributed by atoms with E-state index < -0.39 is 0 Å². The van der Waals surface area contributed by atoms with E-state index in [9.17, 15) is 14.4 Å². The van der Waals surface area contributed by atoms with E-state index in [0.717, 1.165) is 27.6 Å². The van der Waals surface area contributed by atoms with Crippen molar-refractivity contribution in [3.05, 3.63) is 69.0 Å². The van der Waals surface area contributed by atoms with Gasteiger partial charge in [-0.25, -0.2) is 0 Å². The minimum absolute atomic E-state index is 0.143. The van der Waals surface area contributed by atoms with Crippen molar-refractivity contribution >= 4 is 22.8 Å². The van der Waals surface area contributed by atoms with Crippen molar-refractivity contribution in [2.45, 2.75) is 46.2 Å². The number of hydrogen-bond donors (Lipinski definition) is 1. The zero-order chi connectivity index (χ0) is 24.2. The van der Waals surface area contributed by atoms with E-state index in [1.54, 1.807) is 4.90 Å². The summed E-state index contributed by atoms with van der Waals surface area (Å²) in [5.74, 6) is 0.787. The number of rotatable bonds is 8. The molecule has 0 unspecified atom stereocenters. The predicted molar refractivity (Wildman–Crippen MR) is 127 cm³/mol. The van der Waals surface area contributed by atoms with Crippen molar-refractivity contribution in [3.8, 4) is 11.5 Å². The average molecular weight is 465 g/mol. The lowest BCUT2D eigenvalue weighted by molar-refractivity contribution is -0.141. The van der Waals surface area contributed by atoms with Crippen molar-refractivity contribution in [2.24, 2.45) is 0 Å². The van der Waals surface area contributed by atoms with Crippen LogP contribution in [0.2, 0.25) is 0 Å².